The molecule has 0 bridgehead atoms. The second-order valence-corrected chi connectivity index (χ2v) is 2.18. The zero-order valence-electron chi connectivity index (χ0n) is 5.90. The lowest BCUT2D eigenvalue weighted by molar-refractivity contribution is 0.490. The number of hydrogen-bond donors (Lipinski definition) is 0. The van der Waals surface area contributed by atoms with Gasteiger partial charge in [0, 0.05) is 12.5 Å². The fraction of sp³-hybridized carbons (Fsp3) is 0.125. The molecule has 1 aromatic carbocycles. The summed E-state index contributed by atoms with van der Waals surface area (Å²) in [5.41, 5.74) is -0.191. The van der Waals surface area contributed by atoms with E-state index in [2.05, 4.69) is 0 Å². The predicted molar refractivity (Wildman–Crippen MR) is 35.7 cm³/mol. The molecule has 1 nitrogen and oxygen atoms in total. The Hall–Kier alpha value is -1.32. The average Bonchev–Trinajstić information content (AvgIpc) is 2.01. The maximum atomic E-state index is 12.6. The standard InChI is InChI=1S/C8H4F3O/c9-6-4-8(11)7(10)3-5(6)1-2-12/h3-4H,1H2. The van der Waals surface area contributed by atoms with E-state index in [0.717, 1.165) is 0 Å². The predicted octanol–water partition coefficient (Wildman–Crippen LogP) is 1.76. The maximum Gasteiger partial charge on any atom is 0.203 e. The van der Waals surface area contributed by atoms with Crippen LogP contribution in [0.3, 0.4) is 0 Å². The number of halogens is 3. The van der Waals surface area contributed by atoms with Crippen molar-refractivity contribution in [3.8, 4) is 0 Å². The van der Waals surface area contributed by atoms with Gasteiger partial charge in [-0.05, 0) is 11.6 Å². The molecule has 0 spiro atoms. The fourth-order valence-electron chi connectivity index (χ4n) is 0.777. The van der Waals surface area contributed by atoms with Gasteiger partial charge in [0.15, 0.2) is 11.6 Å². The zero-order valence-corrected chi connectivity index (χ0v) is 5.90. The van der Waals surface area contributed by atoms with Gasteiger partial charge in [-0.2, -0.15) is 0 Å². The van der Waals surface area contributed by atoms with E-state index in [1.54, 1.807) is 0 Å². The lowest BCUT2D eigenvalue weighted by atomic mass is 10.1. The van der Waals surface area contributed by atoms with E-state index < -0.39 is 17.5 Å². The molecule has 4 heteroatoms. The van der Waals surface area contributed by atoms with Crippen molar-refractivity contribution in [1.29, 1.82) is 0 Å². The Morgan fingerprint density at radius 3 is 2.25 bits per heavy atom. The number of carbonyl (C=O) groups excluding carboxylic acids is 1. The van der Waals surface area contributed by atoms with Crippen molar-refractivity contribution in [1.82, 2.24) is 0 Å². The quantitative estimate of drug-likeness (QED) is 0.622. The van der Waals surface area contributed by atoms with Crippen LogP contribution in [-0.4, -0.2) is 6.29 Å². The lowest BCUT2D eigenvalue weighted by Crippen LogP contribution is -1.95. The highest BCUT2D eigenvalue weighted by Crippen LogP contribution is 2.13. The first-order chi connectivity index (χ1) is 5.65. The van der Waals surface area contributed by atoms with Crippen LogP contribution in [0.1, 0.15) is 5.56 Å². The molecule has 1 rings (SSSR count). The molecule has 0 aromatic heterocycles. The van der Waals surface area contributed by atoms with Gasteiger partial charge in [0.2, 0.25) is 6.29 Å². The minimum absolute atomic E-state index is 0.191. The monoisotopic (exact) mass is 173 g/mol. The largest absolute Gasteiger partial charge is 0.291 e. The summed E-state index contributed by atoms with van der Waals surface area (Å²) in [5.74, 6) is -3.36. The summed E-state index contributed by atoms with van der Waals surface area (Å²) in [6.45, 7) is 0. The van der Waals surface area contributed by atoms with E-state index in [9.17, 15) is 18.0 Å². The summed E-state index contributed by atoms with van der Waals surface area (Å²) in [6.07, 6.45) is 1.02. The lowest BCUT2D eigenvalue weighted by Gasteiger charge is -1.98. The normalized spacial score (nSPS) is 9.92. The van der Waals surface area contributed by atoms with Crippen LogP contribution >= 0.6 is 0 Å². The Morgan fingerprint density at radius 1 is 1.08 bits per heavy atom. The Morgan fingerprint density at radius 2 is 1.67 bits per heavy atom. The molecule has 0 aliphatic heterocycles. The number of benzene rings is 1. The smallest absolute Gasteiger partial charge is 0.203 e. The third-order valence-corrected chi connectivity index (χ3v) is 1.35. The number of rotatable bonds is 2. The van der Waals surface area contributed by atoms with E-state index in [1.165, 1.54) is 6.29 Å². The van der Waals surface area contributed by atoms with Crippen molar-refractivity contribution in [3.63, 3.8) is 0 Å². The van der Waals surface area contributed by atoms with Gasteiger partial charge in [-0.15, -0.1) is 0 Å². The topological polar surface area (TPSA) is 17.1 Å². The van der Waals surface area contributed by atoms with Crippen molar-refractivity contribution in [3.05, 3.63) is 35.1 Å². The number of hydrogen-bond acceptors (Lipinski definition) is 1. The molecule has 0 aliphatic rings. The van der Waals surface area contributed by atoms with Crippen molar-refractivity contribution in [2.24, 2.45) is 0 Å². The summed E-state index contributed by atoms with van der Waals surface area (Å²) < 4.78 is 37.3. The first kappa shape index (κ1) is 8.77. The van der Waals surface area contributed by atoms with E-state index in [1.807, 2.05) is 0 Å². The molecule has 0 unspecified atom stereocenters. The van der Waals surface area contributed by atoms with Gasteiger partial charge in [0.05, 0.1) is 0 Å². The van der Waals surface area contributed by atoms with Crippen molar-refractivity contribution in [2.75, 3.05) is 0 Å². The van der Waals surface area contributed by atoms with Gasteiger partial charge in [-0.25, -0.2) is 13.2 Å². The minimum Gasteiger partial charge on any atom is -0.291 e. The molecular formula is C8H4F3O. The summed E-state index contributed by atoms with van der Waals surface area (Å²) in [5, 5.41) is 0. The molecule has 0 saturated carbocycles. The Kier molecular flexibility index (Phi) is 2.47. The van der Waals surface area contributed by atoms with Crippen molar-refractivity contribution in [2.45, 2.75) is 6.42 Å². The van der Waals surface area contributed by atoms with Gasteiger partial charge in [0.1, 0.15) is 5.82 Å². The van der Waals surface area contributed by atoms with Crippen LogP contribution in [0, 0.1) is 17.5 Å². The van der Waals surface area contributed by atoms with E-state index in [-0.39, 0.29) is 12.0 Å². The van der Waals surface area contributed by atoms with E-state index in [0.29, 0.717) is 12.1 Å². The molecule has 63 valence electrons. The highest BCUT2D eigenvalue weighted by molar-refractivity contribution is 5.55. The van der Waals surface area contributed by atoms with Crippen LogP contribution in [0.25, 0.3) is 0 Å². The van der Waals surface area contributed by atoms with Crippen LogP contribution in [0.5, 0.6) is 0 Å². The molecule has 12 heavy (non-hydrogen) atoms. The van der Waals surface area contributed by atoms with E-state index in [4.69, 9.17) is 0 Å². The van der Waals surface area contributed by atoms with E-state index >= 15 is 0 Å². The molecule has 0 saturated heterocycles. The van der Waals surface area contributed by atoms with Crippen molar-refractivity contribution < 1.29 is 18.0 Å². The van der Waals surface area contributed by atoms with Crippen LogP contribution < -0.4 is 0 Å². The molecule has 0 N–H and O–H groups in total. The van der Waals surface area contributed by atoms with Gasteiger partial charge in [-0.3, -0.25) is 4.79 Å². The molecule has 0 atom stereocenters. The van der Waals surface area contributed by atoms with Gasteiger partial charge < -0.3 is 0 Å². The molecule has 0 fully saturated rings. The Balaban J connectivity index is 3.13. The first-order valence-corrected chi connectivity index (χ1v) is 3.13. The van der Waals surface area contributed by atoms with Crippen LogP contribution in [0.4, 0.5) is 13.2 Å². The summed E-state index contributed by atoms with van der Waals surface area (Å²) in [4.78, 5) is 9.81. The summed E-state index contributed by atoms with van der Waals surface area (Å²) >= 11 is 0. The van der Waals surface area contributed by atoms with Gasteiger partial charge >= 0.3 is 0 Å². The van der Waals surface area contributed by atoms with Crippen LogP contribution in [0.15, 0.2) is 12.1 Å². The molecule has 1 radical (unpaired) electrons. The highest BCUT2D eigenvalue weighted by Gasteiger charge is 2.08. The van der Waals surface area contributed by atoms with Gasteiger partial charge in [-0.1, -0.05) is 0 Å². The zero-order chi connectivity index (χ0) is 9.14. The second-order valence-electron chi connectivity index (χ2n) is 2.18. The van der Waals surface area contributed by atoms with Crippen LogP contribution in [0.2, 0.25) is 0 Å². The molecular weight excluding hydrogens is 169 g/mol. The SMILES string of the molecule is O=[C]Cc1cc(F)c(F)cc1F. The summed E-state index contributed by atoms with van der Waals surface area (Å²) in [6, 6.07) is 1.05. The third-order valence-electron chi connectivity index (χ3n) is 1.35. The molecule has 0 amide bonds. The second kappa shape index (κ2) is 3.38. The summed E-state index contributed by atoms with van der Waals surface area (Å²) in [7, 11) is 0. The van der Waals surface area contributed by atoms with Gasteiger partial charge in [0.25, 0.3) is 0 Å². The fourth-order valence-corrected chi connectivity index (χ4v) is 0.777. The molecule has 1 aromatic rings. The third kappa shape index (κ3) is 1.64. The van der Waals surface area contributed by atoms with Crippen molar-refractivity contribution >= 4 is 6.29 Å². The first-order valence-electron chi connectivity index (χ1n) is 3.13. The highest BCUT2D eigenvalue weighted by atomic mass is 19.2. The molecule has 0 heterocycles. The maximum absolute atomic E-state index is 12.6. The minimum atomic E-state index is -1.26. The Bertz CT molecular complexity index is 309. The Labute approximate surface area is 66.8 Å². The molecule has 0 aliphatic carbocycles. The van der Waals surface area contributed by atoms with Crippen LogP contribution in [-0.2, 0) is 11.2 Å². The average molecular weight is 173 g/mol.